The van der Waals surface area contributed by atoms with Gasteiger partial charge in [0.2, 0.25) is 0 Å². The summed E-state index contributed by atoms with van der Waals surface area (Å²) in [5, 5.41) is 0. The summed E-state index contributed by atoms with van der Waals surface area (Å²) in [7, 11) is -3.68. The molecule has 106 valence electrons. The number of hydrogen-bond acceptors (Lipinski definition) is 4. The van der Waals surface area contributed by atoms with Crippen LogP contribution in [0.1, 0.15) is 5.56 Å². The first kappa shape index (κ1) is 13.5. The molecule has 0 N–H and O–H groups in total. The Balaban J connectivity index is 2.13. The van der Waals surface area contributed by atoms with Crippen LogP contribution in [0.5, 0.6) is 0 Å². The Kier molecular flexibility index (Phi) is 3.31. The maximum Gasteiger partial charge on any atom is 0.269 e. The van der Waals surface area contributed by atoms with E-state index in [0.29, 0.717) is 11.5 Å². The number of benzene rings is 1. The highest BCUT2D eigenvalue weighted by Crippen LogP contribution is 2.21. The molecule has 0 radical (unpaired) electrons. The largest absolute Gasteiger partial charge is 0.269 e. The van der Waals surface area contributed by atoms with Crippen LogP contribution in [0.2, 0.25) is 0 Å². The second-order valence-corrected chi connectivity index (χ2v) is 6.39. The molecule has 0 saturated carbocycles. The minimum Gasteiger partial charge on any atom is -0.253 e. The van der Waals surface area contributed by atoms with E-state index >= 15 is 0 Å². The first-order valence-electron chi connectivity index (χ1n) is 6.36. The monoisotopic (exact) mass is 299 g/mol. The van der Waals surface area contributed by atoms with Gasteiger partial charge in [0.15, 0.2) is 5.82 Å². The highest BCUT2D eigenvalue weighted by atomic mass is 32.2. The van der Waals surface area contributed by atoms with Crippen molar-refractivity contribution in [2.24, 2.45) is 0 Å². The van der Waals surface area contributed by atoms with E-state index in [-0.39, 0.29) is 4.90 Å². The van der Waals surface area contributed by atoms with Crippen molar-refractivity contribution < 1.29 is 8.42 Å². The highest BCUT2D eigenvalue weighted by Gasteiger charge is 2.21. The summed E-state index contributed by atoms with van der Waals surface area (Å²) < 4.78 is 26.5. The van der Waals surface area contributed by atoms with Crippen LogP contribution in [-0.2, 0) is 10.0 Å². The third-order valence-electron chi connectivity index (χ3n) is 3.08. The Bertz CT molecular complexity index is 853. The first-order valence-corrected chi connectivity index (χ1v) is 7.80. The lowest BCUT2D eigenvalue weighted by Crippen LogP contribution is -2.13. The summed E-state index contributed by atoms with van der Waals surface area (Å²) in [6.07, 6.45) is 4.49. The van der Waals surface area contributed by atoms with Crippen molar-refractivity contribution in [2.75, 3.05) is 0 Å². The van der Waals surface area contributed by atoms with Gasteiger partial charge in [-0.2, -0.15) is 0 Å². The zero-order valence-corrected chi connectivity index (χ0v) is 12.2. The molecule has 0 aliphatic carbocycles. The lowest BCUT2D eigenvalue weighted by molar-refractivity contribution is 0.587. The normalized spacial score (nSPS) is 11.5. The quantitative estimate of drug-likeness (QED) is 0.745. The topological polar surface area (TPSA) is 64.8 Å². The smallest absolute Gasteiger partial charge is 0.253 e. The molecule has 2 heterocycles. The Labute approximate surface area is 123 Å². The fraction of sp³-hybridized carbons (Fsp3) is 0.0667. The summed E-state index contributed by atoms with van der Waals surface area (Å²) >= 11 is 0. The summed E-state index contributed by atoms with van der Waals surface area (Å²) in [4.78, 5) is 8.50. The van der Waals surface area contributed by atoms with E-state index in [0.717, 1.165) is 9.54 Å². The molecule has 0 spiro atoms. The van der Waals surface area contributed by atoms with Crippen LogP contribution in [0.3, 0.4) is 0 Å². The molecule has 0 fully saturated rings. The van der Waals surface area contributed by atoms with Gasteiger partial charge in [-0.1, -0.05) is 23.8 Å². The van der Waals surface area contributed by atoms with Crippen molar-refractivity contribution in [1.82, 2.24) is 13.9 Å². The van der Waals surface area contributed by atoms with Crippen LogP contribution >= 0.6 is 0 Å². The van der Waals surface area contributed by atoms with Gasteiger partial charge in [0.1, 0.15) is 5.69 Å². The third-order valence-corrected chi connectivity index (χ3v) is 4.76. The van der Waals surface area contributed by atoms with E-state index in [1.165, 1.54) is 12.4 Å². The molecule has 0 amide bonds. The molecule has 2 aromatic heterocycles. The Hall–Kier alpha value is -2.47. The summed E-state index contributed by atoms with van der Waals surface area (Å²) in [6.45, 7) is 1.91. The second-order valence-electron chi connectivity index (χ2n) is 4.58. The molecule has 1 aromatic carbocycles. The van der Waals surface area contributed by atoms with Crippen molar-refractivity contribution >= 4 is 10.0 Å². The molecule has 3 rings (SSSR count). The van der Waals surface area contributed by atoms with Crippen LogP contribution in [0, 0.1) is 6.92 Å². The zero-order valence-electron chi connectivity index (χ0n) is 11.3. The van der Waals surface area contributed by atoms with Crippen LogP contribution < -0.4 is 0 Å². The average Bonchev–Trinajstić information content (AvgIpc) is 2.99. The number of aryl methyl sites for hydroxylation is 1. The summed E-state index contributed by atoms with van der Waals surface area (Å²) in [5.74, 6) is 0.302. The van der Waals surface area contributed by atoms with Gasteiger partial charge < -0.3 is 0 Å². The standard InChI is InChI=1S/C15H13N3O2S/c1-12-5-7-13(8-6-12)21(19,20)18-11-10-17-15(18)14-4-2-3-9-16-14/h2-11H,1H3. The molecule has 5 nitrogen and oxygen atoms in total. The molecule has 0 aliphatic heterocycles. The van der Waals surface area contributed by atoms with E-state index in [1.807, 2.05) is 6.92 Å². The summed E-state index contributed by atoms with van der Waals surface area (Å²) in [6, 6.07) is 12.0. The van der Waals surface area contributed by atoms with Crippen molar-refractivity contribution in [1.29, 1.82) is 0 Å². The molecule has 0 atom stereocenters. The average molecular weight is 299 g/mol. The molecule has 0 bridgehead atoms. The zero-order chi connectivity index (χ0) is 14.9. The van der Waals surface area contributed by atoms with Gasteiger partial charge in [-0.3, -0.25) is 4.98 Å². The Morgan fingerprint density at radius 2 is 1.71 bits per heavy atom. The van der Waals surface area contributed by atoms with Crippen molar-refractivity contribution in [3.8, 4) is 11.5 Å². The van der Waals surface area contributed by atoms with Crippen molar-refractivity contribution in [3.05, 3.63) is 66.6 Å². The van der Waals surface area contributed by atoms with E-state index in [1.54, 1.807) is 48.7 Å². The number of nitrogens with zero attached hydrogens (tertiary/aromatic N) is 3. The highest BCUT2D eigenvalue weighted by molar-refractivity contribution is 7.90. The predicted octanol–water partition coefficient (Wildman–Crippen LogP) is 2.49. The Morgan fingerprint density at radius 1 is 0.952 bits per heavy atom. The van der Waals surface area contributed by atoms with Gasteiger partial charge in [-0.25, -0.2) is 17.4 Å². The van der Waals surface area contributed by atoms with Crippen molar-refractivity contribution in [3.63, 3.8) is 0 Å². The molecular formula is C15H13N3O2S. The summed E-state index contributed by atoms with van der Waals surface area (Å²) in [5.41, 5.74) is 1.52. The van der Waals surface area contributed by atoms with E-state index < -0.39 is 10.0 Å². The number of rotatable bonds is 3. The van der Waals surface area contributed by atoms with Crippen LogP contribution in [0.4, 0.5) is 0 Å². The molecule has 21 heavy (non-hydrogen) atoms. The maximum absolute atomic E-state index is 12.7. The Morgan fingerprint density at radius 3 is 2.38 bits per heavy atom. The van der Waals surface area contributed by atoms with Gasteiger partial charge in [0, 0.05) is 18.6 Å². The van der Waals surface area contributed by atoms with E-state index in [4.69, 9.17) is 0 Å². The van der Waals surface area contributed by atoms with Crippen LogP contribution in [0.15, 0.2) is 66.0 Å². The van der Waals surface area contributed by atoms with Crippen molar-refractivity contribution in [2.45, 2.75) is 11.8 Å². The van der Waals surface area contributed by atoms with Gasteiger partial charge in [-0.05, 0) is 31.2 Å². The molecule has 0 saturated heterocycles. The third kappa shape index (κ3) is 2.45. The van der Waals surface area contributed by atoms with Gasteiger partial charge in [0.05, 0.1) is 4.90 Å². The number of aromatic nitrogens is 3. The van der Waals surface area contributed by atoms with Gasteiger partial charge in [-0.15, -0.1) is 0 Å². The van der Waals surface area contributed by atoms with Crippen LogP contribution in [-0.4, -0.2) is 22.4 Å². The second kappa shape index (κ2) is 5.14. The number of pyridine rings is 1. The fourth-order valence-electron chi connectivity index (χ4n) is 1.98. The maximum atomic E-state index is 12.7. The SMILES string of the molecule is Cc1ccc(S(=O)(=O)n2ccnc2-c2ccccn2)cc1. The van der Waals surface area contributed by atoms with E-state index in [2.05, 4.69) is 9.97 Å². The van der Waals surface area contributed by atoms with Crippen LogP contribution in [0.25, 0.3) is 11.5 Å². The molecule has 0 aliphatic rings. The molecule has 6 heteroatoms. The predicted molar refractivity (Wildman–Crippen MR) is 79.2 cm³/mol. The fourth-order valence-corrected chi connectivity index (χ4v) is 3.27. The minimum atomic E-state index is -3.68. The molecule has 0 unspecified atom stereocenters. The van der Waals surface area contributed by atoms with E-state index in [9.17, 15) is 8.42 Å². The lowest BCUT2D eigenvalue weighted by Gasteiger charge is -2.09. The lowest BCUT2D eigenvalue weighted by atomic mass is 10.2. The number of imidazole rings is 1. The molecule has 3 aromatic rings. The molecular weight excluding hydrogens is 286 g/mol. The number of hydrogen-bond donors (Lipinski definition) is 0. The van der Waals surface area contributed by atoms with Gasteiger partial charge >= 0.3 is 0 Å². The minimum absolute atomic E-state index is 0.225. The van der Waals surface area contributed by atoms with Gasteiger partial charge in [0.25, 0.3) is 10.0 Å². The first-order chi connectivity index (χ1) is 10.1.